The third-order valence-corrected chi connectivity index (χ3v) is 4.08. The molecule has 3 nitrogen and oxygen atoms in total. The summed E-state index contributed by atoms with van der Waals surface area (Å²) >= 11 is 0. The van der Waals surface area contributed by atoms with Crippen molar-refractivity contribution in [3.8, 4) is 11.5 Å². The first kappa shape index (κ1) is 14.2. The lowest BCUT2D eigenvalue weighted by Crippen LogP contribution is -2.27. The van der Waals surface area contributed by atoms with Crippen LogP contribution in [0.4, 0.5) is 0 Å². The zero-order chi connectivity index (χ0) is 13.7. The highest BCUT2D eigenvalue weighted by Gasteiger charge is 2.15. The van der Waals surface area contributed by atoms with Crippen LogP contribution in [0.25, 0.3) is 0 Å². The monoisotopic (exact) mass is 263 g/mol. The standard InChI is InChI=1S/C16H25NO2/c1-12-10-16(19-3)14(11-15(12)18-2)5-4-13-6-8-17-9-7-13/h10-11,13,17H,4-9H2,1-3H3. The van der Waals surface area contributed by atoms with Crippen molar-refractivity contribution in [2.45, 2.75) is 32.6 Å². The van der Waals surface area contributed by atoms with E-state index in [2.05, 4.69) is 24.4 Å². The minimum atomic E-state index is 0.846. The van der Waals surface area contributed by atoms with Gasteiger partial charge in [-0.15, -0.1) is 0 Å². The summed E-state index contributed by atoms with van der Waals surface area (Å²) in [6.45, 7) is 4.38. The second-order valence-corrected chi connectivity index (χ2v) is 5.37. The van der Waals surface area contributed by atoms with E-state index in [9.17, 15) is 0 Å². The highest BCUT2D eigenvalue weighted by molar-refractivity contribution is 5.46. The topological polar surface area (TPSA) is 30.5 Å². The zero-order valence-electron chi connectivity index (χ0n) is 12.3. The quantitative estimate of drug-likeness (QED) is 0.886. The molecular formula is C16H25NO2. The van der Waals surface area contributed by atoms with Gasteiger partial charge in [0, 0.05) is 0 Å². The van der Waals surface area contributed by atoms with Crippen LogP contribution in [-0.4, -0.2) is 27.3 Å². The van der Waals surface area contributed by atoms with Gasteiger partial charge >= 0.3 is 0 Å². The molecule has 0 amide bonds. The number of hydrogen-bond acceptors (Lipinski definition) is 3. The van der Waals surface area contributed by atoms with E-state index in [0.29, 0.717) is 0 Å². The van der Waals surface area contributed by atoms with E-state index < -0.39 is 0 Å². The molecule has 0 atom stereocenters. The minimum absolute atomic E-state index is 0.846. The van der Waals surface area contributed by atoms with Gasteiger partial charge in [-0.3, -0.25) is 0 Å². The molecular weight excluding hydrogens is 238 g/mol. The van der Waals surface area contributed by atoms with Gasteiger partial charge < -0.3 is 14.8 Å². The predicted molar refractivity (Wildman–Crippen MR) is 78.2 cm³/mol. The zero-order valence-corrected chi connectivity index (χ0v) is 12.3. The Labute approximate surface area is 116 Å². The van der Waals surface area contributed by atoms with Crippen LogP contribution in [0.3, 0.4) is 0 Å². The van der Waals surface area contributed by atoms with Crippen LogP contribution in [0, 0.1) is 12.8 Å². The Hall–Kier alpha value is -1.22. The molecule has 0 aliphatic carbocycles. The highest BCUT2D eigenvalue weighted by Crippen LogP contribution is 2.30. The van der Waals surface area contributed by atoms with Crippen LogP contribution in [0.2, 0.25) is 0 Å². The van der Waals surface area contributed by atoms with E-state index >= 15 is 0 Å². The summed E-state index contributed by atoms with van der Waals surface area (Å²) in [6.07, 6.45) is 4.91. The summed E-state index contributed by atoms with van der Waals surface area (Å²) in [6, 6.07) is 4.21. The van der Waals surface area contributed by atoms with Gasteiger partial charge in [0.25, 0.3) is 0 Å². The molecule has 1 saturated heterocycles. The lowest BCUT2D eigenvalue weighted by molar-refractivity contribution is 0.350. The molecule has 1 aliphatic rings. The van der Waals surface area contributed by atoms with Gasteiger partial charge in [0.2, 0.25) is 0 Å². The van der Waals surface area contributed by atoms with Crippen molar-refractivity contribution in [1.29, 1.82) is 0 Å². The first-order chi connectivity index (χ1) is 9.24. The van der Waals surface area contributed by atoms with Crippen molar-refractivity contribution < 1.29 is 9.47 Å². The van der Waals surface area contributed by atoms with Gasteiger partial charge in [-0.05, 0) is 74.9 Å². The van der Waals surface area contributed by atoms with Gasteiger partial charge in [-0.1, -0.05) is 0 Å². The van der Waals surface area contributed by atoms with Crippen LogP contribution in [-0.2, 0) is 6.42 Å². The van der Waals surface area contributed by atoms with Crippen molar-refractivity contribution in [1.82, 2.24) is 5.32 Å². The van der Waals surface area contributed by atoms with Crippen LogP contribution in [0.5, 0.6) is 11.5 Å². The average molecular weight is 263 g/mol. The van der Waals surface area contributed by atoms with E-state index in [-0.39, 0.29) is 0 Å². The Morgan fingerprint density at radius 1 is 1.11 bits per heavy atom. The van der Waals surface area contributed by atoms with Crippen molar-refractivity contribution in [2.24, 2.45) is 5.92 Å². The van der Waals surface area contributed by atoms with Crippen LogP contribution >= 0.6 is 0 Å². The third kappa shape index (κ3) is 3.63. The summed E-state index contributed by atoms with van der Waals surface area (Å²) in [5.74, 6) is 2.80. The minimum Gasteiger partial charge on any atom is -0.496 e. The number of aryl methyl sites for hydroxylation is 2. The Kier molecular flexibility index (Phi) is 5.08. The van der Waals surface area contributed by atoms with Crippen LogP contribution in [0.1, 0.15) is 30.4 Å². The molecule has 106 valence electrons. The largest absolute Gasteiger partial charge is 0.496 e. The van der Waals surface area contributed by atoms with Crippen molar-refractivity contribution in [2.75, 3.05) is 27.3 Å². The molecule has 1 aliphatic heterocycles. The van der Waals surface area contributed by atoms with E-state index in [0.717, 1.165) is 29.4 Å². The van der Waals surface area contributed by atoms with Gasteiger partial charge in [-0.25, -0.2) is 0 Å². The van der Waals surface area contributed by atoms with Gasteiger partial charge in [0.15, 0.2) is 0 Å². The first-order valence-corrected chi connectivity index (χ1v) is 7.16. The third-order valence-electron chi connectivity index (χ3n) is 4.08. The van der Waals surface area contributed by atoms with Gasteiger partial charge in [0.1, 0.15) is 11.5 Å². The number of nitrogens with one attached hydrogen (secondary N) is 1. The van der Waals surface area contributed by atoms with E-state index in [1.807, 2.05) is 0 Å². The number of hydrogen-bond donors (Lipinski definition) is 1. The number of benzene rings is 1. The Morgan fingerprint density at radius 2 is 1.79 bits per heavy atom. The molecule has 1 N–H and O–H groups in total. The van der Waals surface area contributed by atoms with Crippen molar-refractivity contribution in [3.05, 3.63) is 23.3 Å². The van der Waals surface area contributed by atoms with E-state index in [1.54, 1.807) is 14.2 Å². The normalized spacial score (nSPS) is 16.4. The van der Waals surface area contributed by atoms with Crippen molar-refractivity contribution in [3.63, 3.8) is 0 Å². The van der Waals surface area contributed by atoms with E-state index in [1.165, 1.54) is 37.9 Å². The Balaban J connectivity index is 2.05. The molecule has 1 aromatic rings. The lowest BCUT2D eigenvalue weighted by atomic mass is 9.91. The smallest absolute Gasteiger partial charge is 0.122 e. The van der Waals surface area contributed by atoms with Crippen LogP contribution < -0.4 is 14.8 Å². The molecule has 0 unspecified atom stereocenters. The predicted octanol–water partition coefficient (Wildman–Crippen LogP) is 2.94. The maximum absolute atomic E-state index is 5.50. The molecule has 19 heavy (non-hydrogen) atoms. The molecule has 0 saturated carbocycles. The molecule has 1 heterocycles. The SMILES string of the molecule is COc1cc(CCC2CCNCC2)c(OC)cc1C. The molecule has 2 rings (SSSR count). The summed E-state index contributed by atoms with van der Waals surface area (Å²) in [5, 5.41) is 3.42. The highest BCUT2D eigenvalue weighted by atomic mass is 16.5. The fraction of sp³-hybridized carbons (Fsp3) is 0.625. The fourth-order valence-corrected chi connectivity index (χ4v) is 2.84. The molecule has 0 radical (unpaired) electrons. The Morgan fingerprint density at radius 3 is 2.42 bits per heavy atom. The summed E-state index contributed by atoms with van der Waals surface area (Å²) in [5.41, 5.74) is 2.40. The maximum Gasteiger partial charge on any atom is 0.122 e. The Bertz CT molecular complexity index is 411. The number of methoxy groups -OCH3 is 2. The second-order valence-electron chi connectivity index (χ2n) is 5.37. The summed E-state index contributed by atoms with van der Waals surface area (Å²) in [4.78, 5) is 0. The fourth-order valence-electron chi connectivity index (χ4n) is 2.84. The molecule has 0 spiro atoms. The molecule has 1 fully saturated rings. The second kappa shape index (κ2) is 6.80. The van der Waals surface area contributed by atoms with Crippen LogP contribution in [0.15, 0.2) is 12.1 Å². The summed E-state index contributed by atoms with van der Waals surface area (Å²) < 4.78 is 10.9. The van der Waals surface area contributed by atoms with Gasteiger partial charge in [0.05, 0.1) is 14.2 Å². The molecule has 3 heteroatoms. The number of rotatable bonds is 5. The summed E-state index contributed by atoms with van der Waals surface area (Å²) in [7, 11) is 3.47. The number of ether oxygens (including phenoxy) is 2. The molecule has 0 bridgehead atoms. The maximum atomic E-state index is 5.50. The lowest BCUT2D eigenvalue weighted by Gasteiger charge is -2.23. The first-order valence-electron chi connectivity index (χ1n) is 7.16. The number of piperidine rings is 1. The average Bonchev–Trinajstić information content (AvgIpc) is 2.46. The molecule has 1 aromatic carbocycles. The molecule has 0 aromatic heterocycles. The van der Waals surface area contributed by atoms with E-state index in [4.69, 9.17) is 9.47 Å². The van der Waals surface area contributed by atoms with Gasteiger partial charge in [-0.2, -0.15) is 0 Å². The van der Waals surface area contributed by atoms with Crippen molar-refractivity contribution >= 4 is 0 Å².